The molecule has 0 bridgehead atoms. The van der Waals surface area contributed by atoms with Crippen LogP contribution in [0, 0.1) is 5.92 Å². The van der Waals surface area contributed by atoms with Crippen LogP contribution in [0.1, 0.15) is 19.8 Å². The van der Waals surface area contributed by atoms with Crippen LogP contribution in [0.2, 0.25) is 0 Å². The number of carbonyl (C=O) groups excluding carboxylic acids is 1. The van der Waals surface area contributed by atoms with Crippen molar-refractivity contribution in [3.63, 3.8) is 0 Å². The molecule has 1 aromatic rings. The fraction of sp³-hybridized carbons (Fsp3) is 0.615. The van der Waals surface area contributed by atoms with Crippen LogP contribution in [-0.2, 0) is 14.8 Å². The molecule has 0 saturated carbocycles. The topological polar surface area (TPSA) is 57.7 Å². The lowest BCUT2D eigenvalue weighted by atomic mass is 10.0. The van der Waals surface area contributed by atoms with Crippen molar-refractivity contribution in [2.24, 2.45) is 5.92 Å². The molecule has 20 heavy (non-hydrogen) atoms. The summed E-state index contributed by atoms with van der Waals surface area (Å²) in [4.78, 5) is 14.0. The second-order valence-electron chi connectivity index (χ2n) is 5.28. The van der Waals surface area contributed by atoms with E-state index in [4.69, 9.17) is 0 Å². The third-order valence-electron chi connectivity index (χ3n) is 3.53. The molecule has 0 aromatic carbocycles. The van der Waals surface area contributed by atoms with Gasteiger partial charge in [-0.15, -0.1) is 11.3 Å². The van der Waals surface area contributed by atoms with Crippen LogP contribution in [-0.4, -0.2) is 50.2 Å². The average molecular weight is 316 g/mol. The van der Waals surface area contributed by atoms with E-state index in [-0.39, 0.29) is 16.7 Å². The van der Waals surface area contributed by atoms with E-state index in [1.54, 1.807) is 22.4 Å². The summed E-state index contributed by atoms with van der Waals surface area (Å²) in [6, 6.07) is 3.25. The van der Waals surface area contributed by atoms with Gasteiger partial charge in [-0.05, 0) is 30.2 Å². The van der Waals surface area contributed by atoms with Crippen molar-refractivity contribution < 1.29 is 13.2 Å². The first-order chi connectivity index (χ1) is 9.41. The number of sulfonamides is 1. The standard InChI is InChI=1S/C13H20N2O3S2/c1-11-5-3-7-15(9-11)12(16)10-14(2)20(17,18)13-6-4-8-19-13/h4,6,8,11H,3,5,7,9-10H2,1-2H3/t11-/m0/s1. The molecule has 0 aliphatic carbocycles. The van der Waals surface area contributed by atoms with Crippen LogP contribution in [0.3, 0.4) is 0 Å². The Balaban J connectivity index is 2.00. The second-order valence-corrected chi connectivity index (χ2v) is 8.50. The fourth-order valence-corrected chi connectivity index (χ4v) is 4.68. The zero-order valence-electron chi connectivity index (χ0n) is 11.8. The summed E-state index contributed by atoms with van der Waals surface area (Å²) in [5, 5.41) is 1.72. The number of nitrogens with zero attached hydrogens (tertiary/aromatic N) is 2. The van der Waals surface area contributed by atoms with Crippen LogP contribution < -0.4 is 0 Å². The van der Waals surface area contributed by atoms with Gasteiger partial charge < -0.3 is 4.90 Å². The highest BCUT2D eigenvalue weighted by atomic mass is 32.2. The van der Waals surface area contributed by atoms with Crippen LogP contribution in [0.5, 0.6) is 0 Å². The third-order valence-corrected chi connectivity index (χ3v) is 6.70. The van der Waals surface area contributed by atoms with Gasteiger partial charge in [0.05, 0.1) is 6.54 Å². The molecule has 0 unspecified atom stereocenters. The van der Waals surface area contributed by atoms with E-state index < -0.39 is 10.0 Å². The van der Waals surface area contributed by atoms with Gasteiger partial charge in [0.2, 0.25) is 5.91 Å². The zero-order valence-corrected chi connectivity index (χ0v) is 13.4. The molecule has 0 N–H and O–H groups in total. The first-order valence-electron chi connectivity index (χ1n) is 6.69. The molecule has 7 heteroatoms. The van der Waals surface area contributed by atoms with Gasteiger partial charge in [-0.1, -0.05) is 13.0 Å². The molecule has 1 saturated heterocycles. The Hall–Kier alpha value is -0.920. The number of piperidine rings is 1. The first-order valence-corrected chi connectivity index (χ1v) is 9.01. The maximum absolute atomic E-state index is 12.2. The molecule has 0 radical (unpaired) electrons. The summed E-state index contributed by atoms with van der Waals surface area (Å²) in [5.41, 5.74) is 0. The van der Waals surface area contributed by atoms with Gasteiger partial charge >= 0.3 is 0 Å². The Morgan fingerprint density at radius 1 is 1.55 bits per heavy atom. The molecule has 112 valence electrons. The van der Waals surface area contributed by atoms with Crippen molar-refractivity contribution in [2.45, 2.75) is 24.0 Å². The monoisotopic (exact) mass is 316 g/mol. The number of likely N-dealkylation sites (tertiary alicyclic amines) is 1. The van der Waals surface area contributed by atoms with E-state index in [1.807, 2.05) is 0 Å². The van der Waals surface area contributed by atoms with Crippen molar-refractivity contribution in [3.8, 4) is 0 Å². The minimum absolute atomic E-state index is 0.0903. The highest BCUT2D eigenvalue weighted by Gasteiger charge is 2.27. The van der Waals surface area contributed by atoms with E-state index in [0.29, 0.717) is 5.92 Å². The van der Waals surface area contributed by atoms with E-state index in [0.717, 1.165) is 30.2 Å². The quantitative estimate of drug-likeness (QED) is 0.848. The van der Waals surface area contributed by atoms with Crippen molar-refractivity contribution in [3.05, 3.63) is 17.5 Å². The molecule has 1 amide bonds. The molecular weight excluding hydrogens is 296 g/mol. The number of hydrogen-bond acceptors (Lipinski definition) is 4. The average Bonchev–Trinajstić information content (AvgIpc) is 2.93. The summed E-state index contributed by atoms with van der Waals surface area (Å²) in [6.45, 7) is 3.49. The number of carbonyl (C=O) groups is 1. The summed E-state index contributed by atoms with van der Waals surface area (Å²) in [7, 11) is -2.08. The zero-order chi connectivity index (χ0) is 14.8. The van der Waals surface area contributed by atoms with Crippen molar-refractivity contribution in [1.29, 1.82) is 0 Å². The largest absolute Gasteiger partial charge is 0.341 e. The predicted molar refractivity (Wildman–Crippen MR) is 79.1 cm³/mol. The summed E-state index contributed by atoms with van der Waals surface area (Å²) in [6.07, 6.45) is 2.13. The first kappa shape index (κ1) is 15.5. The number of likely N-dealkylation sites (N-methyl/N-ethyl adjacent to an activating group) is 1. The number of hydrogen-bond donors (Lipinski definition) is 0. The third kappa shape index (κ3) is 3.39. The molecule has 1 aromatic heterocycles. The summed E-state index contributed by atoms with van der Waals surface area (Å²) < 4.78 is 25.9. The molecule has 1 aliphatic rings. The number of thiophene rings is 1. The fourth-order valence-electron chi connectivity index (χ4n) is 2.36. The Morgan fingerprint density at radius 3 is 2.90 bits per heavy atom. The summed E-state index contributed by atoms with van der Waals surface area (Å²) >= 11 is 1.17. The smallest absolute Gasteiger partial charge is 0.252 e. The SMILES string of the molecule is C[C@H]1CCCN(C(=O)CN(C)S(=O)(=O)c2cccs2)C1. The highest BCUT2D eigenvalue weighted by Crippen LogP contribution is 2.20. The van der Waals surface area contributed by atoms with E-state index >= 15 is 0 Å². The molecule has 5 nitrogen and oxygen atoms in total. The van der Waals surface area contributed by atoms with Crippen LogP contribution in [0.15, 0.2) is 21.7 Å². The lowest BCUT2D eigenvalue weighted by Gasteiger charge is -2.32. The normalized spacial score (nSPS) is 20.4. The van der Waals surface area contributed by atoms with Crippen molar-refractivity contribution in [1.82, 2.24) is 9.21 Å². The summed E-state index contributed by atoms with van der Waals surface area (Å²) in [5.74, 6) is 0.381. The van der Waals surface area contributed by atoms with Gasteiger partial charge in [-0.2, -0.15) is 4.31 Å². The van der Waals surface area contributed by atoms with Gasteiger partial charge in [0.15, 0.2) is 0 Å². The molecule has 0 spiro atoms. The Labute approximate surface area is 124 Å². The van der Waals surface area contributed by atoms with Crippen molar-refractivity contribution in [2.75, 3.05) is 26.7 Å². The van der Waals surface area contributed by atoms with Crippen molar-refractivity contribution >= 4 is 27.3 Å². The molecule has 1 atom stereocenters. The highest BCUT2D eigenvalue weighted by molar-refractivity contribution is 7.91. The Kier molecular flexibility index (Phi) is 4.82. The number of rotatable bonds is 4. The van der Waals surface area contributed by atoms with Gasteiger partial charge in [0, 0.05) is 20.1 Å². The van der Waals surface area contributed by atoms with Crippen LogP contribution >= 0.6 is 11.3 Å². The minimum atomic E-state index is -3.54. The van der Waals surface area contributed by atoms with Gasteiger partial charge in [0.25, 0.3) is 10.0 Å². The van der Waals surface area contributed by atoms with Gasteiger partial charge in [-0.3, -0.25) is 4.79 Å². The van der Waals surface area contributed by atoms with E-state index in [1.165, 1.54) is 18.4 Å². The minimum Gasteiger partial charge on any atom is -0.341 e. The van der Waals surface area contributed by atoms with Crippen LogP contribution in [0.4, 0.5) is 0 Å². The second kappa shape index (κ2) is 6.24. The van der Waals surface area contributed by atoms with Crippen LogP contribution in [0.25, 0.3) is 0 Å². The molecule has 2 rings (SSSR count). The van der Waals surface area contributed by atoms with E-state index in [2.05, 4.69) is 6.92 Å². The Bertz CT molecular complexity index is 554. The molecule has 1 fully saturated rings. The van der Waals surface area contributed by atoms with Gasteiger partial charge in [0.1, 0.15) is 4.21 Å². The van der Waals surface area contributed by atoms with E-state index in [9.17, 15) is 13.2 Å². The molecular formula is C13H20N2O3S2. The molecule has 2 heterocycles. The van der Waals surface area contributed by atoms with Gasteiger partial charge in [-0.25, -0.2) is 8.42 Å². The number of amides is 1. The molecule has 1 aliphatic heterocycles. The maximum Gasteiger partial charge on any atom is 0.252 e. The lowest BCUT2D eigenvalue weighted by Crippen LogP contribution is -2.45. The predicted octanol–water partition coefficient (Wildman–Crippen LogP) is 1.63. The maximum atomic E-state index is 12.2. The Morgan fingerprint density at radius 2 is 2.30 bits per heavy atom. The lowest BCUT2D eigenvalue weighted by molar-refractivity contribution is -0.132.